The number of piperazine rings is 1. The van der Waals surface area contributed by atoms with Gasteiger partial charge >= 0.3 is 0 Å². The molecule has 0 aromatic heterocycles. The summed E-state index contributed by atoms with van der Waals surface area (Å²) >= 11 is 12.0. The standard InChI is InChI=1S/C17H13Cl2FN2O2/c18-10-5-6-11(13(19)9-10)17(24)22-8-7-21-16(23)15(22)12-3-1-2-4-14(12)20/h1-6,9,15H,7-8H2,(H,21,23). The van der Waals surface area contributed by atoms with Gasteiger partial charge in [0.05, 0.1) is 10.6 Å². The molecule has 124 valence electrons. The van der Waals surface area contributed by atoms with Crippen molar-refractivity contribution < 1.29 is 14.0 Å². The number of hydrogen-bond donors (Lipinski definition) is 1. The third-order valence-corrected chi connectivity index (χ3v) is 4.38. The highest BCUT2D eigenvalue weighted by atomic mass is 35.5. The van der Waals surface area contributed by atoms with E-state index in [-0.39, 0.29) is 22.7 Å². The molecule has 1 N–H and O–H groups in total. The van der Waals surface area contributed by atoms with Crippen LogP contribution >= 0.6 is 23.2 Å². The number of carbonyl (C=O) groups is 2. The Morgan fingerprint density at radius 1 is 1.21 bits per heavy atom. The van der Waals surface area contributed by atoms with Gasteiger partial charge in [-0.1, -0.05) is 41.4 Å². The number of hydrogen-bond acceptors (Lipinski definition) is 2. The first-order valence-electron chi connectivity index (χ1n) is 7.27. The molecule has 0 saturated carbocycles. The first kappa shape index (κ1) is 16.7. The number of benzene rings is 2. The van der Waals surface area contributed by atoms with E-state index in [9.17, 15) is 14.0 Å². The molecule has 3 rings (SSSR count). The van der Waals surface area contributed by atoms with Gasteiger partial charge in [0.15, 0.2) is 0 Å². The van der Waals surface area contributed by atoms with E-state index in [0.717, 1.165) is 0 Å². The Bertz CT molecular complexity index is 813. The Kier molecular flexibility index (Phi) is 4.73. The average Bonchev–Trinajstić information content (AvgIpc) is 2.55. The van der Waals surface area contributed by atoms with E-state index in [1.807, 2.05) is 0 Å². The normalized spacial score (nSPS) is 17.5. The molecule has 1 atom stereocenters. The second kappa shape index (κ2) is 6.79. The highest BCUT2D eigenvalue weighted by Gasteiger charge is 2.36. The van der Waals surface area contributed by atoms with Gasteiger partial charge in [-0.25, -0.2) is 4.39 Å². The summed E-state index contributed by atoms with van der Waals surface area (Å²) in [6.07, 6.45) is 0. The number of halogens is 3. The fraction of sp³-hybridized carbons (Fsp3) is 0.176. The van der Waals surface area contributed by atoms with Gasteiger partial charge in [-0.2, -0.15) is 0 Å². The molecule has 2 amide bonds. The molecule has 1 heterocycles. The van der Waals surface area contributed by atoms with E-state index in [2.05, 4.69) is 5.32 Å². The van der Waals surface area contributed by atoms with E-state index in [0.29, 0.717) is 11.6 Å². The fourth-order valence-electron chi connectivity index (χ4n) is 2.71. The SMILES string of the molecule is O=C1NCCN(C(=O)c2ccc(Cl)cc2Cl)C1c1ccccc1F. The predicted molar refractivity (Wildman–Crippen MR) is 89.6 cm³/mol. The third kappa shape index (κ3) is 3.09. The largest absolute Gasteiger partial charge is 0.352 e. The number of nitrogens with one attached hydrogen (secondary N) is 1. The number of nitrogens with zero attached hydrogens (tertiary/aromatic N) is 1. The second-order valence-electron chi connectivity index (χ2n) is 5.34. The first-order chi connectivity index (χ1) is 11.5. The predicted octanol–water partition coefficient (Wildman–Crippen LogP) is 3.45. The van der Waals surface area contributed by atoms with Gasteiger partial charge < -0.3 is 10.2 Å². The first-order valence-corrected chi connectivity index (χ1v) is 8.03. The summed E-state index contributed by atoms with van der Waals surface area (Å²) in [5, 5.41) is 3.25. The average molecular weight is 367 g/mol. The van der Waals surface area contributed by atoms with Crippen LogP contribution in [0.15, 0.2) is 42.5 Å². The molecule has 1 saturated heterocycles. The summed E-state index contributed by atoms with van der Waals surface area (Å²) in [6.45, 7) is 0.545. The monoisotopic (exact) mass is 366 g/mol. The lowest BCUT2D eigenvalue weighted by atomic mass is 10.0. The van der Waals surface area contributed by atoms with Crippen molar-refractivity contribution >= 4 is 35.0 Å². The highest BCUT2D eigenvalue weighted by Crippen LogP contribution is 2.29. The summed E-state index contributed by atoms with van der Waals surface area (Å²) in [4.78, 5) is 26.5. The molecule has 1 aliphatic rings. The zero-order chi connectivity index (χ0) is 17.3. The maximum absolute atomic E-state index is 14.2. The van der Waals surface area contributed by atoms with Crippen molar-refractivity contribution in [2.45, 2.75) is 6.04 Å². The van der Waals surface area contributed by atoms with Crippen molar-refractivity contribution in [1.29, 1.82) is 0 Å². The molecular formula is C17H13Cl2FN2O2. The molecule has 24 heavy (non-hydrogen) atoms. The topological polar surface area (TPSA) is 49.4 Å². The van der Waals surface area contributed by atoms with Crippen LogP contribution in [0.4, 0.5) is 4.39 Å². The minimum Gasteiger partial charge on any atom is -0.352 e. The molecule has 1 unspecified atom stereocenters. The quantitative estimate of drug-likeness (QED) is 0.884. The molecule has 2 aromatic carbocycles. The lowest BCUT2D eigenvalue weighted by molar-refractivity contribution is -0.128. The molecule has 2 aromatic rings. The third-order valence-electron chi connectivity index (χ3n) is 3.83. The Balaban J connectivity index is 2.02. The van der Waals surface area contributed by atoms with Gasteiger partial charge in [-0.15, -0.1) is 0 Å². The molecule has 0 bridgehead atoms. The molecule has 0 aliphatic carbocycles. The van der Waals surface area contributed by atoms with Crippen molar-refractivity contribution in [1.82, 2.24) is 10.2 Å². The zero-order valence-electron chi connectivity index (χ0n) is 12.4. The van der Waals surface area contributed by atoms with E-state index >= 15 is 0 Å². The molecule has 4 nitrogen and oxygen atoms in total. The molecule has 7 heteroatoms. The minimum absolute atomic E-state index is 0.146. The maximum Gasteiger partial charge on any atom is 0.256 e. The summed E-state index contributed by atoms with van der Waals surface area (Å²) < 4.78 is 14.2. The lowest BCUT2D eigenvalue weighted by Gasteiger charge is -2.35. The van der Waals surface area contributed by atoms with Gasteiger partial charge in [0.2, 0.25) is 5.91 Å². The zero-order valence-corrected chi connectivity index (χ0v) is 13.9. The van der Waals surface area contributed by atoms with Crippen LogP contribution in [0, 0.1) is 5.82 Å². The van der Waals surface area contributed by atoms with Crippen molar-refractivity contribution in [3.05, 3.63) is 69.5 Å². The van der Waals surface area contributed by atoms with Gasteiger partial charge in [0.1, 0.15) is 11.9 Å². The molecule has 0 spiro atoms. The molecule has 1 aliphatic heterocycles. The van der Waals surface area contributed by atoms with Crippen molar-refractivity contribution in [2.75, 3.05) is 13.1 Å². The lowest BCUT2D eigenvalue weighted by Crippen LogP contribution is -2.52. The van der Waals surface area contributed by atoms with Crippen LogP contribution in [0.1, 0.15) is 22.0 Å². The van der Waals surface area contributed by atoms with Crippen LogP contribution in [0.3, 0.4) is 0 Å². The summed E-state index contributed by atoms with van der Waals surface area (Å²) in [5.74, 6) is -1.41. The summed E-state index contributed by atoms with van der Waals surface area (Å²) in [7, 11) is 0. The van der Waals surface area contributed by atoms with E-state index < -0.39 is 23.7 Å². The number of rotatable bonds is 2. The maximum atomic E-state index is 14.2. The van der Waals surface area contributed by atoms with Crippen LogP contribution < -0.4 is 5.32 Å². The Morgan fingerprint density at radius 3 is 2.67 bits per heavy atom. The van der Waals surface area contributed by atoms with Crippen LogP contribution in [0.2, 0.25) is 10.0 Å². The van der Waals surface area contributed by atoms with E-state index in [4.69, 9.17) is 23.2 Å². The molecular weight excluding hydrogens is 354 g/mol. The highest BCUT2D eigenvalue weighted by molar-refractivity contribution is 6.36. The minimum atomic E-state index is -1.04. The second-order valence-corrected chi connectivity index (χ2v) is 6.18. The van der Waals surface area contributed by atoms with Crippen LogP contribution in [-0.2, 0) is 4.79 Å². The van der Waals surface area contributed by atoms with Crippen LogP contribution in [0.5, 0.6) is 0 Å². The number of amides is 2. The summed E-state index contributed by atoms with van der Waals surface area (Å²) in [6, 6.07) is 9.36. The summed E-state index contributed by atoms with van der Waals surface area (Å²) in [5.41, 5.74) is 0.366. The van der Waals surface area contributed by atoms with E-state index in [1.54, 1.807) is 12.1 Å². The van der Waals surface area contributed by atoms with Gasteiger partial charge in [0, 0.05) is 23.7 Å². The van der Waals surface area contributed by atoms with Crippen molar-refractivity contribution in [3.8, 4) is 0 Å². The van der Waals surface area contributed by atoms with E-state index in [1.165, 1.54) is 35.2 Å². The molecule has 0 radical (unpaired) electrons. The Labute approximate surface area is 148 Å². The van der Waals surface area contributed by atoms with Crippen LogP contribution in [-0.4, -0.2) is 29.8 Å². The smallest absolute Gasteiger partial charge is 0.256 e. The fourth-order valence-corrected chi connectivity index (χ4v) is 3.20. The van der Waals surface area contributed by atoms with Gasteiger partial charge in [-0.05, 0) is 24.3 Å². The number of carbonyl (C=O) groups excluding carboxylic acids is 2. The Morgan fingerprint density at radius 2 is 1.96 bits per heavy atom. The van der Waals surface area contributed by atoms with Gasteiger partial charge in [0.25, 0.3) is 5.91 Å². The van der Waals surface area contributed by atoms with Crippen molar-refractivity contribution in [3.63, 3.8) is 0 Å². The van der Waals surface area contributed by atoms with Gasteiger partial charge in [-0.3, -0.25) is 9.59 Å². The Hall–Kier alpha value is -2.11. The van der Waals surface area contributed by atoms with Crippen molar-refractivity contribution in [2.24, 2.45) is 0 Å². The molecule has 1 fully saturated rings. The van der Waals surface area contributed by atoms with Crippen LogP contribution in [0.25, 0.3) is 0 Å².